The van der Waals surface area contributed by atoms with Crippen molar-refractivity contribution in [1.29, 1.82) is 0 Å². The number of carboxylic acids is 1. The number of benzene rings is 1. The Kier molecular flexibility index (Phi) is 4.02. The van der Waals surface area contributed by atoms with Crippen LogP contribution in [0.4, 0.5) is 14.9 Å². The van der Waals surface area contributed by atoms with Crippen LogP contribution in [0.15, 0.2) is 29.8 Å². The number of urea groups is 1. The van der Waals surface area contributed by atoms with Gasteiger partial charge in [-0.05, 0) is 25.5 Å². The van der Waals surface area contributed by atoms with E-state index in [0.717, 1.165) is 12.5 Å². The number of anilines is 1. The Balaban J connectivity index is 2.18. The Labute approximate surface area is 115 Å². The number of rotatable bonds is 2. The van der Waals surface area contributed by atoms with Crippen LogP contribution in [0.5, 0.6) is 0 Å². The fourth-order valence-electron chi connectivity index (χ4n) is 1.97. The van der Waals surface area contributed by atoms with Gasteiger partial charge in [0.05, 0.1) is 11.3 Å². The molecule has 6 heteroatoms. The minimum Gasteiger partial charge on any atom is -0.478 e. The second kappa shape index (κ2) is 5.73. The molecule has 0 aromatic heterocycles. The molecule has 0 fully saturated rings. The van der Waals surface area contributed by atoms with E-state index in [9.17, 15) is 14.0 Å². The lowest BCUT2D eigenvalue weighted by Gasteiger charge is -2.26. The predicted octanol–water partition coefficient (Wildman–Crippen LogP) is 2.71. The van der Waals surface area contributed by atoms with Crippen molar-refractivity contribution < 1.29 is 19.1 Å². The number of carbonyl (C=O) groups excluding carboxylic acids is 1. The summed E-state index contributed by atoms with van der Waals surface area (Å²) in [5.41, 5.74) is 0.643. The molecule has 20 heavy (non-hydrogen) atoms. The monoisotopic (exact) mass is 278 g/mol. The summed E-state index contributed by atoms with van der Waals surface area (Å²) >= 11 is 0. The third kappa shape index (κ3) is 2.96. The fourth-order valence-corrected chi connectivity index (χ4v) is 1.97. The quantitative estimate of drug-likeness (QED) is 0.817. The van der Waals surface area contributed by atoms with Crippen molar-refractivity contribution >= 4 is 17.7 Å². The Morgan fingerprint density at radius 3 is 2.75 bits per heavy atom. The van der Waals surface area contributed by atoms with Crippen molar-refractivity contribution in [1.82, 2.24) is 4.90 Å². The normalized spacial score (nSPS) is 14.7. The van der Waals surface area contributed by atoms with E-state index in [4.69, 9.17) is 5.11 Å². The number of hydrogen-bond acceptors (Lipinski definition) is 2. The van der Waals surface area contributed by atoms with E-state index in [0.29, 0.717) is 13.1 Å². The van der Waals surface area contributed by atoms with Gasteiger partial charge < -0.3 is 15.3 Å². The van der Waals surface area contributed by atoms with E-state index in [1.54, 1.807) is 0 Å². The SMILES string of the molecule is CC1=CCN(C(=O)Nc2c(F)cccc2C(=O)O)CC1. The molecule has 0 saturated carbocycles. The lowest BCUT2D eigenvalue weighted by molar-refractivity contribution is 0.0697. The number of hydrogen-bond donors (Lipinski definition) is 2. The van der Waals surface area contributed by atoms with Gasteiger partial charge in [-0.1, -0.05) is 17.7 Å². The van der Waals surface area contributed by atoms with Crippen molar-refractivity contribution in [2.45, 2.75) is 13.3 Å². The number of para-hydroxylation sites is 1. The van der Waals surface area contributed by atoms with Crippen LogP contribution in [0.25, 0.3) is 0 Å². The number of amides is 2. The van der Waals surface area contributed by atoms with Gasteiger partial charge in [-0.3, -0.25) is 0 Å². The van der Waals surface area contributed by atoms with Crippen LogP contribution in [0.2, 0.25) is 0 Å². The van der Waals surface area contributed by atoms with E-state index in [2.05, 4.69) is 5.32 Å². The Bertz CT molecular complexity index is 584. The first-order valence-electron chi connectivity index (χ1n) is 6.22. The van der Waals surface area contributed by atoms with Crippen LogP contribution in [0.1, 0.15) is 23.7 Å². The van der Waals surface area contributed by atoms with E-state index in [-0.39, 0.29) is 11.3 Å². The summed E-state index contributed by atoms with van der Waals surface area (Å²) in [6.45, 7) is 2.95. The number of nitrogens with one attached hydrogen (secondary N) is 1. The predicted molar refractivity (Wildman–Crippen MR) is 72.3 cm³/mol. The summed E-state index contributed by atoms with van der Waals surface area (Å²) in [5.74, 6) is -2.05. The molecule has 2 N–H and O–H groups in total. The minimum absolute atomic E-state index is 0.262. The van der Waals surface area contributed by atoms with Gasteiger partial charge in [0.2, 0.25) is 0 Å². The number of aromatic carboxylic acids is 1. The summed E-state index contributed by atoms with van der Waals surface area (Å²) in [6.07, 6.45) is 2.68. The van der Waals surface area contributed by atoms with Gasteiger partial charge in [0.1, 0.15) is 5.82 Å². The Morgan fingerprint density at radius 2 is 2.15 bits per heavy atom. The van der Waals surface area contributed by atoms with Crippen LogP contribution in [0, 0.1) is 5.82 Å². The Hall–Kier alpha value is -2.37. The van der Waals surface area contributed by atoms with Gasteiger partial charge in [0.25, 0.3) is 0 Å². The van der Waals surface area contributed by atoms with Gasteiger partial charge in [0, 0.05) is 13.1 Å². The molecule has 0 atom stereocenters. The zero-order valence-corrected chi connectivity index (χ0v) is 11.0. The van der Waals surface area contributed by atoms with Crippen molar-refractivity contribution in [2.24, 2.45) is 0 Å². The minimum atomic E-state index is -1.28. The van der Waals surface area contributed by atoms with Crippen molar-refractivity contribution in [3.63, 3.8) is 0 Å². The van der Waals surface area contributed by atoms with E-state index in [1.165, 1.54) is 22.6 Å². The van der Waals surface area contributed by atoms with Gasteiger partial charge in [-0.15, -0.1) is 0 Å². The Morgan fingerprint density at radius 1 is 1.40 bits per heavy atom. The van der Waals surface area contributed by atoms with Gasteiger partial charge in [-0.2, -0.15) is 0 Å². The standard InChI is InChI=1S/C14H15FN2O3/c1-9-5-7-17(8-6-9)14(20)16-12-10(13(18)19)3-2-4-11(12)15/h2-5H,6-8H2,1H3,(H,16,20)(H,18,19). The average Bonchev–Trinajstić information content (AvgIpc) is 2.41. The van der Waals surface area contributed by atoms with Gasteiger partial charge in [-0.25, -0.2) is 14.0 Å². The van der Waals surface area contributed by atoms with Crippen molar-refractivity contribution in [3.05, 3.63) is 41.2 Å². The number of halogens is 1. The van der Waals surface area contributed by atoms with Crippen LogP contribution in [-0.4, -0.2) is 35.1 Å². The van der Waals surface area contributed by atoms with Crippen LogP contribution in [-0.2, 0) is 0 Å². The van der Waals surface area contributed by atoms with Crippen LogP contribution in [0.3, 0.4) is 0 Å². The maximum atomic E-state index is 13.7. The summed E-state index contributed by atoms with van der Waals surface area (Å²) in [6, 6.07) is 3.16. The highest BCUT2D eigenvalue weighted by Crippen LogP contribution is 2.21. The molecule has 0 aliphatic carbocycles. The summed E-state index contributed by atoms with van der Waals surface area (Å²) in [7, 11) is 0. The number of carbonyl (C=O) groups is 2. The summed E-state index contributed by atoms with van der Waals surface area (Å²) < 4.78 is 13.7. The summed E-state index contributed by atoms with van der Waals surface area (Å²) in [4.78, 5) is 24.6. The first-order chi connectivity index (χ1) is 9.49. The van der Waals surface area contributed by atoms with Crippen molar-refractivity contribution in [2.75, 3.05) is 18.4 Å². The molecule has 1 aromatic carbocycles. The molecule has 1 heterocycles. The lowest BCUT2D eigenvalue weighted by Crippen LogP contribution is -2.38. The molecule has 0 saturated heterocycles. The maximum absolute atomic E-state index is 13.7. The molecule has 106 valence electrons. The summed E-state index contributed by atoms with van der Waals surface area (Å²) in [5, 5.41) is 11.4. The molecule has 0 spiro atoms. The third-order valence-electron chi connectivity index (χ3n) is 3.20. The van der Waals surface area contributed by atoms with Crippen LogP contribution < -0.4 is 5.32 Å². The topological polar surface area (TPSA) is 69.6 Å². The molecule has 0 bridgehead atoms. The molecule has 2 rings (SSSR count). The maximum Gasteiger partial charge on any atom is 0.337 e. The third-order valence-corrected chi connectivity index (χ3v) is 3.20. The largest absolute Gasteiger partial charge is 0.478 e. The van der Waals surface area contributed by atoms with E-state index < -0.39 is 17.8 Å². The molecule has 0 radical (unpaired) electrons. The molecule has 1 aliphatic heterocycles. The van der Waals surface area contributed by atoms with E-state index >= 15 is 0 Å². The number of nitrogens with zero attached hydrogens (tertiary/aromatic N) is 1. The second-order valence-corrected chi connectivity index (χ2v) is 4.64. The van der Waals surface area contributed by atoms with E-state index in [1.807, 2.05) is 13.0 Å². The first kappa shape index (κ1) is 14.0. The zero-order valence-electron chi connectivity index (χ0n) is 11.0. The highest BCUT2D eigenvalue weighted by Gasteiger charge is 2.20. The molecule has 1 aromatic rings. The van der Waals surface area contributed by atoms with Gasteiger partial charge in [0.15, 0.2) is 0 Å². The second-order valence-electron chi connectivity index (χ2n) is 4.64. The highest BCUT2D eigenvalue weighted by atomic mass is 19.1. The molecule has 5 nitrogen and oxygen atoms in total. The first-order valence-corrected chi connectivity index (χ1v) is 6.22. The zero-order chi connectivity index (χ0) is 14.7. The molecular weight excluding hydrogens is 263 g/mol. The molecule has 2 amide bonds. The smallest absolute Gasteiger partial charge is 0.337 e. The molecular formula is C14H15FN2O3. The number of carboxylic acid groups (broad SMARTS) is 1. The molecule has 1 aliphatic rings. The van der Waals surface area contributed by atoms with Crippen molar-refractivity contribution in [3.8, 4) is 0 Å². The highest BCUT2D eigenvalue weighted by molar-refractivity contribution is 6.00. The van der Waals surface area contributed by atoms with Crippen LogP contribution >= 0.6 is 0 Å². The molecule has 0 unspecified atom stereocenters. The fraction of sp³-hybridized carbons (Fsp3) is 0.286. The lowest BCUT2D eigenvalue weighted by atomic mass is 10.1. The average molecular weight is 278 g/mol. The van der Waals surface area contributed by atoms with Gasteiger partial charge >= 0.3 is 12.0 Å².